The van der Waals surface area contributed by atoms with Crippen molar-refractivity contribution >= 4 is 23.7 Å². The summed E-state index contributed by atoms with van der Waals surface area (Å²) in [5, 5.41) is 28.6. The van der Waals surface area contributed by atoms with Crippen LogP contribution < -0.4 is 21.9 Å². The fourth-order valence-electron chi connectivity index (χ4n) is 2.81. The Balaban J connectivity index is 2.20. The van der Waals surface area contributed by atoms with Gasteiger partial charge in [-0.2, -0.15) is 0 Å². The van der Waals surface area contributed by atoms with Gasteiger partial charge in [-0.05, 0) is 35.9 Å². The number of aromatic nitrogens is 2. The van der Waals surface area contributed by atoms with Gasteiger partial charge in [0.2, 0.25) is 0 Å². The van der Waals surface area contributed by atoms with Crippen LogP contribution in [-0.2, 0) is 7.05 Å². The monoisotopic (exact) mass is 410 g/mol. The van der Waals surface area contributed by atoms with E-state index in [0.29, 0.717) is 16.2 Å². The summed E-state index contributed by atoms with van der Waals surface area (Å²) in [4.78, 5) is 37.8. The second kappa shape index (κ2) is 7.87. The molecule has 1 heterocycles. The van der Waals surface area contributed by atoms with Gasteiger partial charge in [-0.1, -0.05) is 24.3 Å². The van der Waals surface area contributed by atoms with Crippen LogP contribution in [0, 0.1) is 0 Å². The fraction of sp³-hybridized carbons (Fsp3) is 0.0500. The fourth-order valence-corrected chi connectivity index (χ4v) is 2.81. The molecule has 2 aromatic carbocycles. The molecule has 5 N–H and O–H groups in total. The van der Waals surface area contributed by atoms with Crippen molar-refractivity contribution in [2.24, 2.45) is 7.05 Å². The number of nitrogen functional groups attached to an aromatic ring is 1. The summed E-state index contributed by atoms with van der Waals surface area (Å²) < 4.78 is 1.79. The molecule has 0 radical (unpaired) electrons. The average Bonchev–Trinajstić information content (AvgIpc) is 2.72. The minimum atomic E-state index is -1.52. The Hall–Kier alpha value is -4.47. The molecule has 3 rings (SSSR count). The number of amides is 1. The average molecular weight is 410 g/mol. The first-order valence-electron chi connectivity index (χ1n) is 8.61. The standard InChI is InChI=1S/C20H18N4O6/c1-22-18(27)16(17(21)24(19(22)28)13-5-3-2-4-6-13)23(20(29)30)10-9-12-7-8-14(25)15(26)11-12/h2-11,25-26H,21H2,1H3,(H,29,30). The first kappa shape index (κ1) is 20.3. The van der Waals surface area contributed by atoms with E-state index in [1.165, 1.54) is 31.3 Å². The Labute approximate surface area is 169 Å². The number of hydrogen-bond acceptors (Lipinski definition) is 6. The molecule has 0 saturated carbocycles. The van der Waals surface area contributed by atoms with Crippen molar-refractivity contribution in [3.8, 4) is 17.2 Å². The molecule has 1 aromatic heterocycles. The number of hydrogen-bond donors (Lipinski definition) is 4. The molecule has 0 unspecified atom stereocenters. The SMILES string of the molecule is Cn1c(=O)c(N(C=Cc2ccc(O)c(O)c2)C(=O)O)c(N)n(-c2ccccc2)c1=O. The van der Waals surface area contributed by atoms with Crippen molar-refractivity contribution in [3.05, 3.63) is 81.1 Å². The van der Waals surface area contributed by atoms with Gasteiger partial charge in [-0.15, -0.1) is 0 Å². The molecule has 0 saturated heterocycles. The van der Waals surface area contributed by atoms with E-state index in [1.54, 1.807) is 30.3 Å². The highest BCUT2D eigenvalue weighted by Gasteiger charge is 2.24. The molecular weight excluding hydrogens is 392 g/mol. The highest BCUT2D eigenvalue weighted by molar-refractivity contribution is 5.92. The number of para-hydroxylation sites is 1. The number of carbonyl (C=O) groups is 1. The minimum Gasteiger partial charge on any atom is -0.504 e. The summed E-state index contributed by atoms with van der Waals surface area (Å²) in [6, 6.07) is 12.1. The molecule has 154 valence electrons. The summed E-state index contributed by atoms with van der Waals surface area (Å²) in [5.74, 6) is -1.09. The van der Waals surface area contributed by atoms with Gasteiger partial charge in [0.1, 0.15) is 5.82 Å². The highest BCUT2D eigenvalue weighted by Crippen LogP contribution is 2.26. The van der Waals surface area contributed by atoms with Gasteiger partial charge in [0.15, 0.2) is 17.2 Å². The lowest BCUT2D eigenvalue weighted by Crippen LogP contribution is -2.43. The normalized spacial score (nSPS) is 11.0. The zero-order valence-electron chi connectivity index (χ0n) is 15.8. The molecule has 0 aliphatic carbocycles. The smallest absolute Gasteiger partial charge is 0.416 e. The van der Waals surface area contributed by atoms with Crippen LogP contribution in [0.4, 0.5) is 16.3 Å². The van der Waals surface area contributed by atoms with Gasteiger partial charge in [-0.3, -0.25) is 9.36 Å². The third-order valence-electron chi connectivity index (χ3n) is 4.35. The van der Waals surface area contributed by atoms with Crippen LogP contribution >= 0.6 is 0 Å². The van der Waals surface area contributed by atoms with E-state index in [-0.39, 0.29) is 11.6 Å². The number of anilines is 2. The number of nitrogens with two attached hydrogens (primary N) is 1. The van der Waals surface area contributed by atoms with Crippen LogP contribution in [0.2, 0.25) is 0 Å². The third kappa shape index (κ3) is 3.61. The van der Waals surface area contributed by atoms with Crippen LogP contribution in [0.25, 0.3) is 11.8 Å². The number of nitrogens with zero attached hydrogens (tertiary/aromatic N) is 3. The van der Waals surface area contributed by atoms with Crippen molar-refractivity contribution in [1.29, 1.82) is 0 Å². The molecule has 0 fully saturated rings. The second-order valence-corrected chi connectivity index (χ2v) is 6.27. The minimum absolute atomic E-state index is 0.338. The Morgan fingerprint density at radius 1 is 1.07 bits per heavy atom. The van der Waals surface area contributed by atoms with E-state index in [1.807, 2.05) is 0 Å². The molecule has 0 aliphatic heterocycles. The molecule has 3 aromatic rings. The number of aromatic hydroxyl groups is 2. The van der Waals surface area contributed by atoms with Crippen LogP contribution in [0.3, 0.4) is 0 Å². The molecule has 0 aliphatic rings. The lowest BCUT2D eigenvalue weighted by atomic mass is 10.2. The van der Waals surface area contributed by atoms with Gasteiger partial charge in [0.25, 0.3) is 5.56 Å². The second-order valence-electron chi connectivity index (χ2n) is 6.27. The summed E-state index contributed by atoms with van der Waals surface area (Å²) in [7, 11) is 1.22. The quantitative estimate of drug-likeness (QED) is 0.478. The van der Waals surface area contributed by atoms with Crippen LogP contribution in [-0.4, -0.2) is 30.5 Å². The Kier molecular flexibility index (Phi) is 5.32. The highest BCUT2D eigenvalue weighted by atomic mass is 16.4. The van der Waals surface area contributed by atoms with Gasteiger partial charge in [0.05, 0.1) is 5.69 Å². The number of rotatable bonds is 4. The van der Waals surface area contributed by atoms with E-state index in [0.717, 1.165) is 15.3 Å². The topological polar surface area (TPSA) is 151 Å². The summed E-state index contributed by atoms with van der Waals surface area (Å²) in [6.45, 7) is 0. The largest absolute Gasteiger partial charge is 0.504 e. The maximum absolute atomic E-state index is 12.7. The van der Waals surface area contributed by atoms with Gasteiger partial charge in [0, 0.05) is 13.2 Å². The number of carboxylic acid groups (broad SMARTS) is 1. The third-order valence-corrected chi connectivity index (χ3v) is 4.35. The van der Waals surface area contributed by atoms with Crippen molar-refractivity contribution in [2.75, 3.05) is 10.6 Å². The number of phenols is 2. The Morgan fingerprint density at radius 2 is 1.73 bits per heavy atom. The van der Waals surface area contributed by atoms with E-state index >= 15 is 0 Å². The summed E-state index contributed by atoms with van der Waals surface area (Å²) >= 11 is 0. The van der Waals surface area contributed by atoms with Gasteiger partial charge in [-0.25, -0.2) is 19.1 Å². The first-order valence-corrected chi connectivity index (χ1v) is 8.61. The lowest BCUT2D eigenvalue weighted by Gasteiger charge is -2.20. The van der Waals surface area contributed by atoms with Crippen LogP contribution in [0.5, 0.6) is 11.5 Å². The maximum atomic E-state index is 12.7. The zero-order chi connectivity index (χ0) is 22.0. The summed E-state index contributed by atoms with van der Waals surface area (Å²) in [6.07, 6.45) is 0.835. The van der Waals surface area contributed by atoms with Crippen molar-refractivity contribution < 1.29 is 20.1 Å². The molecule has 0 bridgehead atoms. The van der Waals surface area contributed by atoms with Crippen molar-refractivity contribution in [3.63, 3.8) is 0 Å². The van der Waals surface area contributed by atoms with Gasteiger partial charge >= 0.3 is 11.8 Å². The predicted molar refractivity (Wildman–Crippen MR) is 111 cm³/mol. The van der Waals surface area contributed by atoms with E-state index < -0.39 is 28.8 Å². The Bertz CT molecular complexity index is 1260. The zero-order valence-corrected chi connectivity index (χ0v) is 15.8. The molecule has 1 amide bonds. The van der Waals surface area contributed by atoms with Crippen LogP contribution in [0.1, 0.15) is 5.56 Å². The van der Waals surface area contributed by atoms with Gasteiger partial charge < -0.3 is 21.1 Å². The molecule has 0 atom stereocenters. The summed E-state index contributed by atoms with van der Waals surface area (Å²) in [5.41, 5.74) is 4.72. The maximum Gasteiger partial charge on any atom is 0.416 e. The van der Waals surface area contributed by atoms with Crippen molar-refractivity contribution in [2.45, 2.75) is 0 Å². The van der Waals surface area contributed by atoms with E-state index in [4.69, 9.17) is 5.73 Å². The lowest BCUT2D eigenvalue weighted by molar-refractivity contribution is 0.204. The van der Waals surface area contributed by atoms with E-state index in [9.17, 15) is 29.7 Å². The molecule has 10 nitrogen and oxygen atoms in total. The molecule has 0 spiro atoms. The van der Waals surface area contributed by atoms with E-state index in [2.05, 4.69) is 0 Å². The first-order chi connectivity index (χ1) is 14.2. The Morgan fingerprint density at radius 3 is 2.33 bits per heavy atom. The predicted octanol–water partition coefficient (Wildman–Crippen LogP) is 1.68. The van der Waals surface area contributed by atoms with Crippen LogP contribution in [0.15, 0.2) is 64.3 Å². The van der Waals surface area contributed by atoms with Crippen molar-refractivity contribution in [1.82, 2.24) is 9.13 Å². The number of benzene rings is 2. The molecule has 30 heavy (non-hydrogen) atoms. The molecule has 10 heteroatoms. The number of phenolic OH excluding ortho intramolecular Hbond substituents is 2. The molecular formula is C20H18N4O6.